The number of carbonyl (C=O) groups excluding carboxylic acids is 1. The molecule has 3 heteroatoms. The minimum Gasteiger partial charge on any atom is -0.367 e. The van der Waals surface area contributed by atoms with Gasteiger partial charge in [-0.15, -0.1) is 0 Å². The van der Waals surface area contributed by atoms with E-state index in [0.717, 1.165) is 5.56 Å². The van der Waals surface area contributed by atoms with Crippen molar-refractivity contribution in [3.05, 3.63) is 24.0 Å². The molecule has 0 radical (unpaired) electrons. The zero-order chi connectivity index (χ0) is 5.98. The summed E-state index contributed by atoms with van der Waals surface area (Å²) in [5, 5.41) is 0. The minimum absolute atomic E-state index is 0.103. The molecule has 1 rings (SSSR count). The lowest BCUT2D eigenvalue weighted by atomic mass is 9.97. The predicted octanol–water partition coefficient (Wildman–Crippen LogP) is -0.212. The highest BCUT2D eigenvalue weighted by Gasteiger charge is 1.94. The van der Waals surface area contributed by atoms with Crippen LogP contribution in [0.15, 0.2) is 18.5 Å². The molecule has 0 aliphatic rings. The number of carbonyl (C=O) groups is 1. The summed E-state index contributed by atoms with van der Waals surface area (Å²) in [5.41, 5.74) is 0.844. The molecule has 1 aromatic heterocycles. The van der Waals surface area contributed by atoms with Gasteiger partial charge in [-0.05, 0) is 6.07 Å². The third-order valence-corrected chi connectivity index (χ3v) is 1.00. The number of nitrogens with one attached hydrogen (secondary N) is 1. The lowest BCUT2D eigenvalue weighted by Gasteiger charge is -1.80. The van der Waals surface area contributed by atoms with Crippen molar-refractivity contribution in [2.24, 2.45) is 0 Å². The first-order chi connectivity index (χ1) is 3.80. The van der Waals surface area contributed by atoms with Crippen molar-refractivity contribution in [3.63, 3.8) is 0 Å². The van der Waals surface area contributed by atoms with E-state index in [1.807, 2.05) is 0 Å². The third kappa shape index (κ3) is 0.806. The van der Waals surface area contributed by atoms with Gasteiger partial charge in [0.2, 0.25) is 0 Å². The van der Waals surface area contributed by atoms with Crippen LogP contribution < -0.4 is 0 Å². The summed E-state index contributed by atoms with van der Waals surface area (Å²) in [6, 6.07) is 1.75. The van der Waals surface area contributed by atoms with Crippen LogP contribution in [0.3, 0.4) is 0 Å². The van der Waals surface area contributed by atoms with E-state index in [2.05, 4.69) is 4.98 Å². The van der Waals surface area contributed by atoms with Gasteiger partial charge in [-0.1, -0.05) is 0 Å². The van der Waals surface area contributed by atoms with Crippen molar-refractivity contribution in [3.8, 4) is 0 Å². The average Bonchev–Trinajstić information content (AvgIpc) is 2.12. The van der Waals surface area contributed by atoms with Crippen LogP contribution in [0.5, 0.6) is 0 Å². The molecule has 2 nitrogen and oxygen atoms in total. The molecule has 0 spiro atoms. The summed E-state index contributed by atoms with van der Waals surface area (Å²) in [7, 11) is 1.54. The summed E-state index contributed by atoms with van der Waals surface area (Å²) < 4.78 is 0. The van der Waals surface area contributed by atoms with Crippen molar-refractivity contribution in [1.82, 2.24) is 4.98 Å². The Morgan fingerprint density at radius 3 is 2.75 bits per heavy atom. The van der Waals surface area contributed by atoms with Gasteiger partial charge in [0.05, 0.1) is 0 Å². The molecule has 0 bridgehead atoms. The van der Waals surface area contributed by atoms with Crippen LogP contribution in [0.2, 0.25) is 0 Å². The average molecular weight is 107 g/mol. The lowest BCUT2D eigenvalue weighted by molar-refractivity contribution is 0.108. The minimum atomic E-state index is 0.103. The topological polar surface area (TPSA) is 32.9 Å². The zero-order valence-corrected chi connectivity index (χ0v) is 4.64. The Morgan fingerprint density at radius 1 is 1.75 bits per heavy atom. The number of aromatic amines is 1. The highest BCUT2D eigenvalue weighted by molar-refractivity contribution is 6.62. The smallest absolute Gasteiger partial charge is 0.193 e. The van der Waals surface area contributed by atoms with Crippen LogP contribution >= 0.6 is 0 Å². The molecule has 1 heterocycles. The first-order valence-electron chi connectivity index (χ1n) is 2.44. The Hall–Kier alpha value is -0.985. The zero-order valence-electron chi connectivity index (χ0n) is 4.64. The van der Waals surface area contributed by atoms with E-state index in [-0.39, 0.29) is 5.68 Å². The fourth-order valence-electron chi connectivity index (χ4n) is 0.543. The molecule has 8 heavy (non-hydrogen) atoms. The van der Waals surface area contributed by atoms with E-state index in [1.165, 1.54) is 0 Å². The van der Waals surface area contributed by atoms with E-state index < -0.39 is 0 Å². The molecule has 0 aliphatic carbocycles. The second kappa shape index (κ2) is 1.86. The number of H-pyrrole nitrogens is 1. The van der Waals surface area contributed by atoms with Crippen molar-refractivity contribution in [2.45, 2.75) is 0 Å². The summed E-state index contributed by atoms with van der Waals surface area (Å²) in [5.74, 6) is 0. The van der Waals surface area contributed by atoms with Gasteiger partial charge in [-0.2, -0.15) is 0 Å². The van der Waals surface area contributed by atoms with E-state index >= 15 is 0 Å². The standard InChI is InChI=1S/C5H6BNO/c6-5(8)4-1-2-7-3-4/h1-3,7H,6H2. The molecule has 0 aliphatic heterocycles. The fourth-order valence-corrected chi connectivity index (χ4v) is 0.543. The summed E-state index contributed by atoms with van der Waals surface area (Å²) in [6.07, 6.45) is 3.42. The van der Waals surface area contributed by atoms with Crippen LogP contribution in [0, 0.1) is 0 Å². The van der Waals surface area contributed by atoms with Crippen LogP contribution in [-0.4, -0.2) is 18.5 Å². The largest absolute Gasteiger partial charge is 0.367 e. The fraction of sp³-hybridized carbons (Fsp3) is 0. The number of hydrogen-bond acceptors (Lipinski definition) is 1. The second-order valence-corrected chi connectivity index (χ2v) is 1.66. The van der Waals surface area contributed by atoms with Gasteiger partial charge in [0, 0.05) is 18.0 Å². The number of hydrogen-bond donors (Lipinski definition) is 1. The van der Waals surface area contributed by atoms with Crippen LogP contribution in [-0.2, 0) is 0 Å². The van der Waals surface area contributed by atoms with Gasteiger partial charge in [-0.25, -0.2) is 0 Å². The maximum atomic E-state index is 10.5. The van der Waals surface area contributed by atoms with Crippen molar-refractivity contribution < 1.29 is 4.79 Å². The van der Waals surface area contributed by atoms with Crippen molar-refractivity contribution in [2.75, 3.05) is 0 Å². The number of aromatic nitrogens is 1. The molecule has 0 amide bonds. The summed E-state index contributed by atoms with van der Waals surface area (Å²) in [4.78, 5) is 13.3. The molecule has 0 saturated heterocycles. The number of rotatable bonds is 1. The summed E-state index contributed by atoms with van der Waals surface area (Å²) >= 11 is 0. The molecule has 1 aromatic rings. The van der Waals surface area contributed by atoms with Crippen molar-refractivity contribution in [1.29, 1.82) is 0 Å². The Morgan fingerprint density at radius 2 is 2.50 bits per heavy atom. The lowest BCUT2D eigenvalue weighted by Crippen LogP contribution is -1.92. The molecule has 0 saturated carbocycles. The van der Waals surface area contributed by atoms with Crippen LogP contribution in [0.25, 0.3) is 0 Å². The van der Waals surface area contributed by atoms with E-state index in [1.54, 1.807) is 26.3 Å². The van der Waals surface area contributed by atoms with Gasteiger partial charge in [0.1, 0.15) is 5.68 Å². The van der Waals surface area contributed by atoms with Gasteiger partial charge >= 0.3 is 0 Å². The molecule has 40 valence electrons. The Balaban J connectivity index is 2.93. The Bertz CT molecular complexity index is 180. The maximum Gasteiger partial charge on any atom is 0.193 e. The SMILES string of the molecule is BC(=O)c1cc[nH]c1. The first kappa shape index (κ1) is 5.16. The quantitative estimate of drug-likeness (QED) is 0.494. The highest BCUT2D eigenvalue weighted by atomic mass is 16.1. The molecule has 1 N–H and O–H groups in total. The van der Waals surface area contributed by atoms with Gasteiger partial charge in [0.25, 0.3) is 0 Å². The van der Waals surface area contributed by atoms with Gasteiger partial charge in [0.15, 0.2) is 7.85 Å². The normalized spacial score (nSPS) is 9.00. The second-order valence-electron chi connectivity index (χ2n) is 1.66. The van der Waals surface area contributed by atoms with Crippen molar-refractivity contribution >= 4 is 13.5 Å². The Labute approximate surface area is 48.3 Å². The van der Waals surface area contributed by atoms with E-state index in [0.29, 0.717) is 0 Å². The van der Waals surface area contributed by atoms with Gasteiger partial charge < -0.3 is 9.78 Å². The predicted molar refractivity (Wildman–Crippen MR) is 33.7 cm³/mol. The molecular weight excluding hydrogens is 101 g/mol. The van der Waals surface area contributed by atoms with Gasteiger partial charge in [-0.3, -0.25) is 0 Å². The Kier molecular flexibility index (Phi) is 1.20. The first-order valence-corrected chi connectivity index (χ1v) is 2.44. The molecular formula is C5H6BNO. The third-order valence-electron chi connectivity index (χ3n) is 1.00. The molecule has 0 unspecified atom stereocenters. The molecule has 0 fully saturated rings. The van der Waals surface area contributed by atoms with E-state index in [4.69, 9.17) is 0 Å². The summed E-state index contributed by atoms with van der Waals surface area (Å²) in [6.45, 7) is 0. The van der Waals surface area contributed by atoms with Crippen LogP contribution in [0.4, 0.5) is 0 Å². The monoisotopic (exact) mass is 107 g/mol. The molecule has 0 aromatic carbocycles. The highest BCUT2D eigenvalue weighted by Crippen LogP contribution is 1.93. The van der Waals surface area contributed by atoms with Crippen LogP contribution in [0.1, 0.15) is 10.4 Å². The van der Waals surface area contributed by atoms with E-state index in [9.17, 15) is 4.79 Å². The maximum absolute atomic E-state index is 10.5. The molecule has 0 atom stereocenters.